The number of amides is 2. The first-order valence-corrected chi connectivity index (χ1v) is 12.9. The molecule has 7 nitrogen and oxygen atoms in total. The number of nitrogens with one attached hydrogen (secondary N) is 1. The monoisotopic (exact) mass is 502 g/mol. The first kappa shape index (κ1) is 27.9. The van der Waals surface area contributed by atoms with Crippen molar-refractivity contribution in [2.24, 2.45) is 0 Å². The summed E-state index contributed by atoms with van der Waals surface area (Å²) in [5.41, 5.74) is 2.01. The number of hydrogen-bond donors (Lipinski definition) is 1. The number of nitriles is 1. The summed E-state index contributed by atoms with van der Waals surface area (Å²) in [6.45, 7) is 3.58. The number of likely N-dealkylation sites (N-methyl/N-ethyl adjacent to an activating group) is 1. The van der Waals surface area contributed by atoms with E-state index in [2.05, 4.69) is 11.4 Å². The predicted octanol–water partition coefficient (Wildman–Crippen LogP) is 4.40. The average molecular weight is 503 g/mol. The number of para-hydroxylation sites is 1. The van der Waals surface area contributed by atoms with E-state index in [-0.39, 0.29) is 5.91 Å². The van der Waals surface area contributed by atoms with E-state index in [1.165, 1.54) is 4.90 Å². The SMILES string of the molecule is COc1ccccc1C1(C#N)CCC(NCCCN(C)C(=O)/C(C)=C\N(C=O)Cc2ccccc2)CC1. The maximum Gasteiger partial charge on any atom is 0.250 e. The zero-order chi connectivity index (χ0) is 26.7. The summed E-state index contributed by atoms with van der Waals surface area (Å²) in [4.78, 5) is 27.5. The van der Waals surface area contributed by atoms with Gasteiger partial charge in [0.25, 0.3) is 5.91 Å². The lowest BCUT2D eigenvalue weighted by Crippen LogP contribution is -2.40. The molecule has 2 aromatic carbocycles. The van der Waals surface area contributed by atoms with Gasteiger partial charge >= 0.3 is 0 Å². The largest absolute Gasteiger partial charge is 0.496 e. The van der Waals surface area contributed by atoms with Crippen molar-refractivity contribution in [3.63, 3.8) is 0 Å². The Labute approximate surface area is 220 Å². The quantitative estimate of drug-likeness (QED) is 0.264. The van der Waals surface area contributed by atoms with Gasteiger partial charge in [-0.15, -0.1) is 0 Å². The topological polar surface area (TPSA) is 85.7 Å². The van der Waals surface area contributed by atoms with Crippen LogP contribution in [0.2, 0.25) is 0 Å². The number of benzene rings is 2. The van der Waals surface area contributed by atoms with E-state index in [4.69, 9.17) is 4.74 Å². The van der Waals surface area contributed by atoms with Gasteiger partial charge in [0.05, 0.1) is 18.6 Å². The molecule has 7 heteroatoms. The van der Waals surface area contributed by atoms with Crippen molar-refractivity contribution in [1.29, 1.82) is 5.26 Å². The summed E-state index contributed by atoms with van der Waals surface area (Å²) < 4.78 is 5.52. The number of hydrogen-bond acceptors (Lipinski definition) is 5. The Bertz CT molecular complexity index is 1100. The van der Waals surface area contributed by atoms with E-state index in [1.807, 2.05) is 54.6 Å². The van der Waals surface area contributed by atoms with Crippen molar-refractivity contribution in [2.45, 2.75) is 57.0 Å². The van der Waals surface area contributed by atoms with Crippen LogP contribution in [0.15, 0.2) is 66.4 Å². The highest BCUT2D eigenvalue weighted by molar-refractivity contribution is 5.92. The van der Waals surface area contributed by atoms with Crippen LogP contribution in [0, 0.1) is 11.3 Å². The molecule has 37 heavy (non-hydrogen) atoms. The lowest BCUT2D eigenvalue weighted by molar-refractivity contribution is -0.126. The van der Waals surface area contributed by atoms with Crippen LogP contribution < -0.4 is 10.1 Å². The fourth-order valence-electron chi connectivity index (χ4n) is 5.03. The molecule has 0 saturated heterocycles. The van der Waals surface area contributed by atoms with Crippen LogP contribution in [0.25, 0.3) is 0 Å². The van der Waals surface area contributed by atoms with Crippen LogP contribution in [-0.4, -0.2) is 55.4 Å². The van der Waals surface area contributed by atoms with E-state index in [0.717, 1.165) is 61.9 Å². The predicted molar refractivity (Wildman–Crippen MR) is 145 cm³/mol. The highest BCUT2D eigenvalue weighted by Crippen LogP contribution is 2.42. The standard InChI is InChI=1S/C30H38N4O3/c1-24(20-34(23-35)21-25-10-5-4-6-11-25)29(36)33(2)19-9-18-32-26-14-16-30(22-31,17-15-26)27-12-7-8-13-28(27)37-3/h4-8,10-13,20,23,26,32H,9,14-19,21H2,1-3H3/b24-20-. The van der Waals surface area contributed by atoms with E-state index in [9.17, 15) is 14.9 Å². The van der Waals surface area contributed by atoms with Crippen molar-refractivity contribution in [2.75, 3.05) is 27.2 Å². The first-order valence-electron chi connectivity index (χ1n) is 12.9. The molecular formula is C30H38N4O3. The Morgan fingerprint density at radius 3 is 2.49 bits per heavy atom. The second kappa shape index (κ2) is 13.6. The molecule has 0 aliphatic heterocycles. The molecule has 2 amide bonds. The lowest BCUT2D eigenvalue weighted by atomic mass is 9.69. The summed E-state index contributed by atoms with van der Waals surface area (Å²) in [6, 6.07) is 20.5. The summed E-state index contributed by atoms with van der Waals surface area (Å²) in [6.07, 6.45) is 6.61. The number of carbonyl (C=O) groups excluding carboxylic acids is 2. The average Bonchev–Trinajstić information content (AvgIpc) is 2.95. The summed E-state index contributed by atoms with van der Waals surface area (Å²) in [5, 5.41) is 13.6. The number of methoxy groups -OCH3 is 1. The molecule has 1 aliphatic carbocycles. The molecule has 0 heterocycles. The third-order valence-corrected chi connectivity index (χ3v) is 7.17. The molecule has 0 aromatic heterocycles. The van der Waals surface area contributed by atoms with Gasteiger partial charge in [-0.05, 0) is 57.2 Å². The van der Waals surface area contributed by atoms with E-state index >= 15 is 0 Å². The van der Waals surface area contributed by atoms with Gasteiger partial charge in [0.2, 0.25) is 6.41 Å². The number of nitrogens with zero attached hydrogens (tertiary/aromatic N) is 3. The Morgan fingerprint density at radius 1 is 1.16 bits per heavy atom. The van der Waals surface area contributed by atoms with Gasteiger partial charge in [-0.3, -0.25) is 9.59 Å². The van der Waals surface area contributed by atoms with Crippen molar-refractivity contribution in [3.8, 4) is 11.8 Å². The van der Waals surface area contributed by atoms with E-state index in [0.29, 0.717) is 24.7 Å². The fraction of sp³-hybridized carbons (Fsp3) is 0.433. The van der Waals surface area contributed by atoms with Crippen LogP contribution in [0.1, 0.15) is 50.2 Å². The highest BCUT2D eigenvalue weighted by atomic mass is 16.5. The smallest absolute Gasteiger partial charge is 0.250 e. The fourth-order valence-corrected chi connectivity index (χ4v) is 5.03. The van der Waals surface area contributed by atoms with Crippen LogP contribution in [0.5, 0.6) is 5.75 Å². The number of rotatable bonds is 12. The first-order chi connectivity index (χ1) is 17.9. The van der Waals surface area contributed by atoms with Crippen molar-refractivity contribution in [1.82, 2.24) is 15.1 Å². The maximum absolute atomic E-state index is 12.8. The molecule has 0 radical (unpaired) electrons. The number of ether oxygens (including phenoxy) is 1. The molecular weight excluding hydrogens is 464 g/mol. The molecule has 0 unspecified atom stereocenters. The molecule has 0 bridgehead atoms. The molecule has 1 saturated carbocycles. The van der Waals surface area contributed by atoms with Crippen LogP contribution in [0.3, 0.4) is 0 Å². The van der Waals surface area contributed by atoms with Gasteiger partial charge in [0.1, 0.15) is 5.75 Å². The minimum atomic E-state index is -0.503. The molecule has 1 aliphatic rings. The Balaban J connectivity index is 1.43. The van der Waals surface area contributed by atoms with Crippen molar-refractivity contribution >= 4 is 12.3 Å². The van der Waals surface area contributed by atoms with Gasteiger partial charge in [0, 0.05) is 43.5 Å². The van der Waals surface area contributed by atoms with E-state index in [1.54, 1.807) is 32.2 Å². The van der Waals surface area contributed by atoms with Gasteiger partial charge in [0.15, 0.2) is 0 Å². The molecule has 196 valence electrons. The molecule has 2 aromatic rings. The van der Waals surface area contributed by atoms with Gasteiger partial charge in [-0.2, -0.15) is 5.26 Å². The maximum atomic E-state index is 12.8. The third-order valence-electron chi connectivity index (χ3n) is 7.17. The van der Waals surface area contributed by atoms with Gasteiger partial charge in [-0.25, -0.2) is 0 Å². The van der Waals surface area contributed by atoms with Crippen molar-refractivity contribution in [3.05, 3.63) is 77.5 Å². The zero-order valence-corrected chi connectivity index (χ0v) is 22.2. The van der Waals surface area contributed by atoms with E-state index < -0.39 is 5.41 Å². The van der Waals surface area contributed by atoms with Gasteiger partial charge < -0.3 is 19.9 Å². The third kappa shape index (κ3) is 7.43. The zero-order valence-electron chi connectivity index (χ0n) is 22.2. The molecule has 3 rings (SSSR count). The second-order valence-electron chi connectivity index (χ2n) is 9.78. The molecule has 0 spiro atoms. The molecule has 0 atom stereocenters. The summed E-state index contributed by atoms with van der Waals surface area (Å²) in [7, 11) is 3.44. The van der Waals surface area contributed by atoms with Crippen LogP contribution in [0.4, 0.5) is 0 Å². The minimum absolute atomic E-state index is 0.0896. The number of carbonyl (C=O) groups is 2. The van der Waals surface area contributed by atoms with Gasteiger partial charge in [-0.1, -0.05) is 48.5 Å². The van der Waals surface area contributed by atoms with Crippen LogP contribution in [-0.2, 0) is 21.5 Å². The Morgan fingerprint density at radius 2 is 1.84 bits per heavy atom. The normalized spacial score (nSPS) is 19.5. The Hall–Kier alpha value is -3.63. The summed E-state index contributed by atoms with van der Waals surface area (Å²) >= 11 is 0. The van der Waals surface area contributed by atoms with Crippen LogP contribution >= 0.6 is 0 Å². The van der Waals surface area contributed by atoms with Crippen molar-refractivity contribution < 1.29 is 14.3 Å². The minimum Gasteiger partial charge on any atom is -0.496 e. The second-order valence-corrected chi connectivity index (χ2v) is 9.78. The lowest BCUT2D eigenvalue weighted by Gasteiger charge is -2.36. The highest BCUT2D eigenvalue weighted by Gasteiger charge is 2.38. The molecule has 1 N–H and O–H groups in total. The Kier molecular flexibility index (Phi) is 10.3. The molecule has 1 fully saturated rings. The summed E-state index contributed by atoms with van der Waals surface area (Å²) in [5.74, 6) is 0.692.